The second-order valence-corrected chi connectivity index (χ2v) is 9.44. The second kappa shape index (κ2) is 9.68. The van der Waals surface area contributed by atoms with Gasteiger partial charge in [0.15, 0.2) is 0 Å². The molecule has 0 bridgehead atoms. The Hall–Kier alpha value is -1.41. The van der Waals surface area contributed by atoms with Gasteiger partial charge in [-0.05, 0) is 49.1 Å². The third-order valence-corrected chi connectivity index (χ3v) is 6.16. The normalized spacial score (nSPS) is 11.3. The number of carbonyl (C=O) groups is 1. The lowest BCUT2D eigenvalue weighted by Crippen LogP contribution is -2.31. The Labute approximate surface area is 174 Å². The smallest absolute Gasteiger partial charge is 0.232 e. The standard InChI is InChI=1S/C18H20Cl2N2O3S2/c1-26-15-6-3-5-14(12-15)21-18(23)7-4-10-22(27(2,24)25)17-11-13(19)8-9-16(17)20/h3,5-6,8-9,11-12H,4,7,10H2,1-2H3,(H,21,23). The molecule has 2 aromatic carbocycles. The van der Waals surface area contributed by atoms with E-state index in [1.807, 2.05) is 30.5 Å². The van der Waals surface area contributed by atoms with E-state index in [1.165, 1.54) is 10.4 Å². The summed E-state index contributed by atoms with van der Waals surface area (Å²) in [6.45, 7) is 0.122. The average Bonchev–Trinajstić information content (AvgIpc) is 2.60. The molecule has 27 heavy (non-hydrogen) atoms. The molecule has 0 saturated carbocycles. The van der Waals surface area contributed by atoms with E-state index in [4.69, 9.17) is 23.2 Å². The Bertz CT molecular complexity index is 921. The maximum absolute atomic E-state index is 12.2. The number of benzene rings is 2. The molecule has 146 valence electrons. The van der Waals surface area contributed by atoms with E-state index in [9.17, 15) is 13.2 Å². The number of amides is 1. The van der Waals surface area contributed by atoms with Crippen LogP contribution in [0, 0.1) is 0 Å². The second-order valence-electron chi connectivity index (χ2n) is 5.81. The molecule has 9 heteroatoms. The summed E-state index contributed by atoms with van der Waals surface area (Å²) in [6.07, 6.45) is 3.57. The van der Waals surface area contributed by atoms with Crippen molar-refractivity contribution in [2.75, 3.05) is 28.7 Å². The van der Waals surface area contributed by atoms with Crippen molar-refractivity contribution in [2.24, 2.45) is 0 Å². The minimum Gasteiger partial charge on any atom is -0.326 e. The van der Waals surface area contributed by atoms with Gasteiger partial charge in [0.1, 0.15) is 0 Å². The molecule has 0 saturated heterocycles. The highest BCUT2D eigenvalue weighted by Gasteiger charge is 2.20. The Morgan fingerprint density at radius 2 is 1.93 bits per heavy atom. The Morgan fingerprint density at radius 3 is 2.59 bits per heavy atom. The van der Waals surface area contributed by atoms with Crippen molar-refractivity contribution in [3.63, 3.8) is 0 Å². The number of carbonyl (C=O) groups excluding carboxylic acids is 1. The molecule has 0 radical (unpaired) electrons. The quantitative estimate of drug-likeness (QED) is 0.585. The predicted octanol–water partition coefficient (Wildman–Crippen LogP) is 4.90. The summed E-state index contributed by atoms with van der Waals surface area (Å²) in [7, 11) is -3.57. The van der Waals surface area contributed by atoms with Gasteiger partial charge in [-0.2, -0.15) is 0 Å². The molecule has 0 aliphatic rings. The van der Waals surface area contributed by atoms with Crippen LogP contribution in [0.15, 0.2) is 47.4 Å². The van der Waals surface area contributed by atoms with Crippen LogP contribution in [0.1, 0.15) is 12.8 Å². The van der Waals surface area contributed by atoms with Crippen molar-refractivity contribution >= 4 is 62.3 Å². The number of hydrogen-bond donors (Lipinski definition) is 1. The fourth-order valence-electron chi connectivity index (χ4n) is 2.45. The van der Waals surface area contributed by atoms with Gasteiger partial charge < -0.3 is 5.32 Å². The van der Waals surface area contributed by atoms with Crippen LogP contribution in [0.4, 0.5) is 11.4 Å². The number of thioether (sulfide) groups is 1. The molecule has 5 nitrogen and oxygen atoms in total. The van der Waals surface area contributed by atoms with Crippen LogP contribution in [-0.2, 0) is 14.8 Å². The number of sulfonamides is 1. The third-order valence-electron chi connectivity index (χ3n) is 3.70. The van der Waals surface area contributed by atoms with E-state index in [-0.39, 0.29) is 23.9 Å². The highest BCUT2D eigenvalue weighted by molar-refractivity contribution is 7.98. The highest BCUT2D eigenvalue weighted by atomic mass is 35.5. The molecule has 1 N–H and O–H groups in total. The summed E-state index contributed by atoms with van der Waals surface area (Å²) in [5, 5.41) is 3.49. The summed E-state index contributed by atoms with van der Waals surface area (Å²) < 4.78 is 25.5. The molecule has 0 aliphatic heterocycles. The maximum atomic E-state index is 12.2. The number of rotatable bonds is 8. The molecule has 0 heterocycles. The molecule has 2 aromatic rings. The molecular weight excluding hydrogens is 427 g/mol. The van der Waals surface area contributed by atoms with Gasteiger partial charge in [0.2, 0.25) is 15.9 Å². The minimum atomic E-state index is -3.57. The summed E-state index contributed by atoms with van der Waals surface area (Å²) in [5.74, 6) is -0.182. The average molecular weight is 447 g/mol. The van der Waals surface area contributed by atoms with Gasteiger partial charge in [0, 0.05) is 28.6 Å². The van der Waals surface area contributed by atoms with Gasteiger partial charge in [-0.25, -0.2) is 8.42 Å². The predicted molar refractivity (Wildman–Crippen MR) is 115 cm³/mol. The van der Waals surface area contributed by atoms with Crippen LogP contribution in [0.3, 0.4) is 0 Å². The minimum absolute atomic E-state index is 0.122. The van der Waals surface area contributed by atoms with Crippen LogP contribution in [0.2, 0.25) is 10.0 Å². The van der Waals surface area contributed by atoms with E-state index in [0.29, 0.717) is 22.8 Å². The zero-order valence-electron chi connectivity index (χ0n) is 14.9. The number of nitrogens with one attached hydrogen (secondary N) is 1. The fraction of sp³-hybridized carbons (Fsp3) is 0.278. The van der Waals surface area contributed by atoms with Gasteiger partial charge in [-0.3, -0.25) is 9.10 Å². The van der Waals surface area contributed by atoms with Crippen molar-refractivity contribution in [3.05, 3.63) is 52.5 Å². The van der Waals surface area contributed by atoms with Crippen LogP contribution in [-0.4, -0.2) is 33.4 Å². The Morgan fingerprint density at radius 1 is 1.19 bits per heavy atom. The number of nitrogens with zero attached hydrogens (tertiary/aromatic N) is 1. The van der Waals surface area contributed by atoms with Gasteiger partial charge in [0.25, 0.3) is 0 Å². The molecule has 0 unspecified atom stereocenters. The molecule has 0 aromatic heterocycles. The zero-order valence-corrected chi connectivity index (χ0v) is 18.1. The van der Waals surface area contributed by atoms with E-state index >= 15 is 0 Å². The first-order valence-corrected chi connectivity index (χ1v) is 11.9. The monoisotopic (exact) mass is 446 g/mol. The summed E-state index contributed by atoms with van der Waals surface area (Å²) in [4.78, 5) is 13.2. The molecule has 2 rings (SSSR count). The lowest BCUT2D eigenvalue weighted by Gasteiger charge is -2.23. The number of hydrogen-bond acceptors (Lipinski definition) is 4. The highest BCUT2D eigenvalue weighted by Crippen LogP contribution is 2.31. The van der Waals surface area contributed by atoms with E-state index < -0.39 is 10.0 Å². The zero-order chi connectivity index (χ0) is 20.0. The Balaban J connectivity index is 2.01. The number of anilines is 2. The topological polar surface area (TPSA) is 66.5 Å². The van der Waals surface area contributed by atoms with Crippen LogP contribution in [0.5, 0.6) is 0 Å². The summed E-state index contributed by atoms with van der Waals surface area (Å²) in [5.41, 5.74) is 1.02. The first-order chi connectivity index (χ1) is 12.7. The van der Waals surface area contributed by atoms with Crippen molar-refractivity contribution in [1.82, 2.24) is 0 Å². The SMILES string of the molecule is CSc1cccc(NC(=O)CCCN(c2cc(Cl)ccc2Cl)S(C)(=O)=O)c1. The fourth-order valence-corrected chi connectivity index (χ4v) is 4.31. The summed E-state index contributed by atoms with van der Waals surface area (Å²) in [6, 6.07) is 12.2. The van der Waals surface area contributed by atoms with Gasteiger partial charge >= 0.3 is 0 Å². The largest absolute Gasteiger partial charge is 0.326 e. The van der Waals surface area contributed by atoms with Crippen LogP contribution < -0.4 is 9.62 Å². The molecular formula is C18H20Cl2N2O3S2. The first kappa shape index (κ1) is 21.9. The lowest BCUT2D eigenvalue weighted by molar-refractivity contribution is -0.116. The number of halogens is 2. The van der Waals surface area contributed by atoms with Crippen molar-refractivity contribution < 1.29 is 13.2 Å². The Kier molecular flexibility index (Phi) is 7.85. The van der Waals surface area contributed by atoms with E-state index in [1.54, 1.807) is 23.9 Å². The molecule has 0 atom stereocenters. The molecule has 0 spiro atoms. The van der Waals surface area contributed by atoms with Crippen LogP contribution in [0.25, 0.3) is 0 Å². The molecule has 0 fully saturated rings. The van der Waals surface area contributed by atoms with Crippen molar-refractivity contribution in [1.29, 1.82) is 0 Å². The van der Waals surface area contributed by atoms with Gasteiger partial charge in [0.05, 0.1) is 17.0 Å². The maximum Gasteiger partial charge on any atom is 0.232 e. The van der Waals surface area contributed by atoms with Crippen molar-refractivity contribution in [2.45, 2.75) is 17.7 Å². The third kappa shape index (κ3) is 6.60. The summed E-state index contributed by atoms with van der Waals surface area (Å²) >= 11 is 13.7. The van der Waals surface area contributed by atoms with Crippen molar-refractivity contribution in [3.8, 4) is 0 Å². The first-order valence-electron chi connectivity index (χ1n) is 8.07. The van der Waals surface area contributed by atoms with E-state index in [2.05, 4.69) is 5.32 Å². The van der Waals surface area contributed by atoms with Gasteiger partial charge in [-0.1, -0.05) is 29.3 Å². The van der Waals surface area contributed by atoms with Crippen LogP contribution >= 0.6 is 35.0 Å². The lowest BCUT2D eigenvalue weighted by atomic mass is 10.2. The molecule has 0 aliphatic carbocycles. The van der Waals surface area contributed by atoms with E-state index in [0.717, 1.165) is 11.2 Å². The molecule has 1 amide bonds. The van der Waals surface area contributed by atoms with Gasteiger partial charge in [-0.15, -0.1) is 11.8 Å².